The molecule has 1 heterocycles. The lowest BCUT2D eigenvalue weighted by Crippen LogP contribution is -2.35. The highest BCUT2D eigenvalue weighted by atomic mass is 17.3. The van der Waals surface area contributed by atoms with Crippen LogP contribution in [0.3, 0.4) is 0 Å². The molecule has 58 valence electrons. The largest absolute Gasteiger partial charge is 0.210 e. The SMILES string of the molecule is C1CCC2(CC1)CNOO2. The number of hydrogen-bond donors (Lipinski definition) is 1. The Morgan fingerprint density at radius 3 is 2.50 bits per heavy atom. The van der Waals surface area contributed by atoms with Crippen molar-refractivity contribution < 1.29 is 9.88 Å². The first-order valence-corrected chi connectivity index (χ1v) is 3.99. The summed E-state index contributed by atoms with van der Waals surface area (Å²) >= 11 is 0. The van der Waals surface area contributed by atoms with Gasteiger partial charge in [-0.25, -0.2) is 4.89 Å². The third-order valence-electron chi connectivity index (χ3n) is 2.44. The third-order valence-corrected chi connectivity index (χ3v) is 2.44. The normalized spacial score (nSPS) is 31.2. The molecule has 1 saturated carbocycles. The van der Waals surface area contributed by atoms with E-state index in [-0.39, 0.29) is 5.60 Å². The first-order chi connectivity index (χ1) is 4.91. The first kappa shape index (κ1) is 6.58. The Labute approximate surface area is 60.6 Å². The third kappa shape index (κ3) is 1.05. The van der Waals surface area contributed by atoms with Crippen LogP contribution >= 0.6 is 0 Å². The van der Waals surface area contributed by atoms with E-state index in [0.717, 1.165) is 19.4 Å². The fraction of sp³-hybridized carbons (Fsp3) is 1.00. The summed E-state index contributed by atoms with van der Waals surface area (Å²) in [5.74, 6) is 0. The van der Waals surface area contributed by atoms with E-state index < -0.39 is 0 Å². The molecule has 2 rings (SSSR count). The molecule has 1 spiro atoms. The van der Waals surface area contributed by atoms with Gasteiger partial charge in [0.2, 0.25) is 0 Å². The summed E-state index contributed by atoms with van der Waals surface area (Å²) < 4.78 is 0. The summed E-state index contributed by atoms with van der Waals surface area (Å²) in [6.07, 6.45) is 6.22. The summed E-state index contributed by atoms with van der Waals surface area (Å²) in [5.41, 5.74) is 2.80. The maximum atomic E-state index is 5.17. The van der Waals surface area contributed by atoms with Crippen LogP contribution in [0.2, 0.25) is 0 Å². The van der Waals surface area contributed by atoms with E-state index >= 15 is 0 Å². The van der Waals surface area contributed by atoms with Gasteiger partial charge in [0.1, 0.15) is 5.60 Å². The van der Waals surface area contributed by atoms with E-state index in [1.54, 1.807) is 0 Å². The summed E-state index contributed by atoms with van der Waals surface area (Å²) in [7, 11) is 0. The van der Waals surface area contributed by atoms with E-state index in [1.165, 1.54) is 19.3 Å². The highest BCUT2D eigenvalue weighted by Gasteiger charge is 2.38. The summed E-state index contributed by atoms with van der Waals surface area (Å²) in [5, 5.41) is 0. The molecule has 0 aromatic rings. The van der Waals surface area contributed by atoms with Crippen LogP contribution in [-0.2, 0) is 9.88 Å². The van der Waals surface area contributed by atoms with Crippen molar-refractivity contribution in [3.8, 4) is 0 Å². The molecule has 0 atom stereocenters. The molecule has 1 aliphatic heterocycles. The van der Waals surface area contributed by atoms with E-state index in [9.17, 15) is 0 Å². The lowest BCUT2D eigenvalue weighted by atomic mass is 9.85. The van der Waals surface area contributed by atoms with Gasteiger partial charge < -0.3 is 0 Å². The zero-order valence-corrected chi connectivity index (χ0v) is 6.06. The number of hydrogen-bond acceptors (Lipinski definition) is 3. The molecule has 0 bridgehead atoms. The molecule has 0 aromatic carbocycles. The predicted octanol–water partition coefficient (Wildman–Crippen LogP) is 1.16. The van der Waals surface area contributed by atoms with Gasteiger partial charge in [0, 0.05) is 0 Å². The molecule has 1 aliphatic carbocycles. The van der Waals surface area contributed by atoms with E-state index in [1.807, 2.05) is 0 Å². The van der Waals surface area contributed by atoms with Gasteiger partial charge in [0.15, 0.2) is 0 Å². The Hall–Kier alpha value is -0.120. The Bertz CT molecular complexity index is 113. The summed E-state index contributed by atoms with van der Waals surface area (Å²) in [6, 6.07) is 0. The highest BCUT2D eigenvalue weighted by molar-refractivity contribution is 4.85. The van der Waals surface area contributed by atoms with E-state index in [4.69, 9.17) is 4.89 Å². The van der Waals surface area contributed by atoms with Crippen molar-refractivity contribution >= 4 is 0 Å². The van der Waals surface area contributed by atoms with Crippen LogP contribution in [-0.4, -0.2) is 12.1 Å². The lowest BCUT2D eigenvalue weighted by Gasteiger charge is -2.28. The van der Waals surface area contributed by atoms with Gasteiger partial charge >= 0.3 is 0 Å². The molecule has 1 N–H and O–H groups in total. The van der Waals surface area contributed by atoms with Crippen LogP contribution < -0.4 is 5.48 Å². The average molecular weight is 143 g/mol. The number of rotatable bonds is 0. The number of hydroxylamine groups is 1. The summed E-state index contributed by atoms with van der Waals surface area (Å²) in [4.78, 5) is 9.86. The van der Waals surface area contributed by atoms with Crippen LogP contribution in [0.25, 0.3) is 0 Å². The Kier molecular flexibility index (Phi) is 1.64. The molecule has 3 nitrogen and oxygen atoms in total. The van der Waals surface area contributed by atoms with Crippen LogP contribution in [0.1, 0.15) is 32.1 Å². The second-order valence-corrected chi connectivity index (χ2v) is 3.23. The zero-order valence-electron chi connectivity index (χ0n) is 6.06. The van der Waals surface area contributed by atoms with Gasteiger partial charge in [-0.15, -0.1) is 4.99 Å². The quantitative estimate of drug-likeness (QED) is 0.516. The van der Waals surface area contributed by atoms with Gasteiger partial charge in [0.25, 0.3) is 0 Å². The Balaban J connectivity index is 1.98. The molecule has 2 aliphatic rings. The Morgan fingerprint density at radius 2 is 1.90 bits per heavy atom. The molecule has 0 aromatic heterocycles. The minimum atomic E-state index is 0.0399. The lowest BCUT2D eigenvalue weighted by molar-refractivity contribution is -0.339. The number of nitrogens with one attached hydrogen (secondary N) is 1. The minimum Gasteiger partial charge on any atom is -0.210 e. The van der Waals surface area contributed by atoms with Crippen LogP contribution in [0, 0.1) is 0 Å². The highest BCUT2D eigenvalue weighted by Crippen LogP contribution is 2.33. The molecule has 1 saturated heterocycles. The van der Waals surface area contributed by atoms with Crippen molar-refractivity contribution in [2.75, 3.05) is 6.54 Å². The van der Waals surface area contributed by atoms with Crippen LogP contribution in [0.5, 0.6) is 0 Å². The molecule has 0 radical (unpaired) electrons. The van der Waals surface area contributed by atoms with Crippen molar-refractivity contribution in [2.24, 2.45) is 0 Å². The molecule has 10 heavy (non-hydrogen) atoms. The standard InChI is InChI=1S/C7H13NO2/c1-2-4-7(5-3-1)6-8-10-9-7/h8H,1-6H2. The smallest absolute Gasteiger partial charge is 0.120 e. The molecule has 2 fully saturated rings. The molecular formula is C7H13NO2. The second-order valence-electron chi connectivity index (χ2n) is 3.23. The first-order valence-electron chi connectivity index (χ1n) is 3.99. The fourth-order valence-corrected chi connectivity index (χ4v) is 1.76. The molecule has 0 amide bonds. The van der Waals surface area contributed by atoms with Crippen molar-refractivity contribution in [3.63, 3.8) is 0 Å². The zero-order chi connectivity index (χ0) is 6.86. The monoisotopic (exact) mass is 143 g/mol. The Morgan fingerprint density at radius 1 is 1.10 bits per heavy atom. The van der Waals surface area contributed by atoms with E-state index in [2.05, 4.69) is 10.5 Å². The van der Waals surface area contributed by atoms with Crippen molar-refractivity contribution in [1.29, 1.82) is 0 Å². The minimum absolute atomic E-state index is 0.0399. The fourth-order valence-electron chi connectivity index (χ4n) is 1.76. The summed E-state index contributed by atoms with van der Waals surface area (Å²) in [6.45, 7) is 0.868. The molecule has 0 unspecified atom stereocenters. The van der Waals surface area contributed by atoms with Crippen LogP contribution in [0.15, 0.2) is 0 Å². The van der Waals surface area contributed by atoms with Gasteiger partial charge in [-0.2, -0.15) is 5.48 Å². The van der Waals surface area contributed by atoms with Gasteiger partial charge in [-0.1, -0.05) is 19.3 Å². The van der Waals surface area contributed by atoms with Gasteiger partial charge in [-0.05, 0) is 12.8 Å². The molecule has 3 heteroatoms. The van der Waals surface area contributed by atoms with E-state index in [0.29, 0.717) is 0 Å². The molecular weight excluding hydrogens is 130 g/mol. The average Bonchev–Trinajstić information content (AvgIpc) is 2.39. The maximum Gasteiger partial charge on any atom is 0.120 e. The van der Waals surface area contributed by atoms with Gasteiger partial charge in [-0.3, -0.25) is 0 Å². The van der Waals surface area contributed by atoms with Crippen molar-refractivity contribution in [3.05, 3.63) is 0 Å². The van der Waals surface area contributed by atoms with Crippen LogP contribution in [0.4, 0.5) is 0 Å². The van der Waals surface area contributed by atoms with Crippen molar-refractivity contribution in [1.82, 2.24) is 5.48 Å². The second kappa shape index (κ2) is 2.49. The predicted molar refractivity (Wildman–Crippen MR) is 36.0 cm³/mol. The maximum absolute atomic E-state index is 5.17. The topological polar surface area (TPSA) is 30.5 Å². The van der Waals surface area contributed by atoms with Crippen molar-refractivity contribution in [2.45, 2.75) is 37.7 Å². The van der Waals surface area contributed by atoms with Gasteiger partial charge in [0.05, 0.1) is 6.54 Å².